The van der Waals surface area contributed by atoms with Gasteiger partial charge in [-0.05, 0) is 46.0 Å². The van der Waals surface area contributed by atoms with Crippen LogP contribution < -0.4 is 5.73 Å². The third kappa shape index (κ3) is 4.65. The second-order valence-corrected chi connectivity index (χ2v) is 6.68. The van der Waals surface area contributed by atoms with Gasteiger partial charge in [-0.25, -0.2) is 4.79 Å². The molecule has 1 unspecified atom stereocenters. The molecule has 1 aromatic rings. The van der Waals surface area contributed by atoms with E-state index in [-0.39, 0.29) is 6.09 Å². The molecular formula is C15H25N3O3. The number of ether oxygens (including phenoxy) is 1. The van der Waals surface area contributed by atoms with Crippen LogP contribution in [0.2, 0.25) is 0 Å². The molecule has 6 nitrogen and oxygen atoms in total. The average Bonchev–Trinajstić information content (AvgIpc) is 2.80. The Balaban J connectivity index is 1.83. The first kappa shape index (κ1) is 15.7. The molecule has 0 radical (unpaired) electrons. The van der Waals surface area contributed by atoms with E-state index in [2.05, 4.69) is 5.16 Å². The summed E-state index contributed by atoms with van der Waals surface area (Å²) in [5.74, 6) is 1.19. The molecule has 2 N–H and O–H groups in total. The Morgan fingerprint density at radius 1 is 1.57 bits per heavy atom. The van der Waals surface area contributed by atoms with Crippen LogP contribution in [0.3, 0.4) is 0 Å². The number of carbonyl (C=O) groups is 1. The molecule has 0 aliphatic carbocycles. The lowest BCUT2D eigenvalue weighted by molar-refractivity contribution is 0.0161. The fourth-order valence-electron chi connectivity index (χ4n) is 2.59. The molecular weight excluding hydrogens is 270 g/mol. The van der Waals surface area contributed by atoms with E-state index < -0.39 is 5.60 Å². The van der Waals surface area contributed by atoms with Gasteiger partial charge in [-0.15, -0.1) is 0 Å². The molecule has 0 aromatic carbocycles. The number of hydrogen-bond donors (Lipinski definition) is 1. The van der Waals surface area contributed by atoms with Crippen LogP contribution in [-0.4, -0.2) is 34.8 Å². The highest BCUT2D eigenvalue weighted by molar-refractivity contribution is 5.68. The van der Waals surface area contributed by atoms with Crippen molar-refractivity contribution in [2.24, 2.45) is 5.92 Å². The molecule has 6 heteroatoms. The van der Waals surface area contributed by atoms with Crippen molar-refractivity contribution in [3.05, 3.63) is 12.0 Å². The van der Waals surface area contributed by atoms with Crippen molar-refractivity contribution in [3.63, 3.8) is 0 Å². The molecule has 1 aliphatic rings. The zero-order valence-electron chi connectivity index (χ0n) is 13.1. The van der Waals surface area contributed by atoms with Crippen molar-refractivity contribution in [2.75, 3.05) is 18.8 Å². The van der Waals surface area contributed by atoms with E-state index >= 15 is 0 Å². The first-order valence-electron chi connectivity index (χ1n) is 7.52. The molecule has 0 spiro atoms. The monoisotopic (exact) mass is 295 g/mol. The van der Waals surface area contributed by atoms with Gasteiger partial charge in [0.25, 0.3) is 0 Å². The van der Waals surface area contributed by atoms with Crippen LogP contribution in [0, 0.1) is 5.92 Å². The Morgan fingerprint density at radius 3 is 2.95 bits per heavy atom. The zero-order valence-corrected chi connectivity index (χ0v) is 13.1. The number of nitrogens with zero attached hydrogens (tertiary/aromatic N) is 2. The second kappa shape index (κ2) is 6.37. The van der Waals surface area contributed by atoms with Crippen LogP contribution in [0.1, 0.15) is 45.8 Å². The highest BCUT2D eigenvalue weighted by atomic mass is 16.6. The topological polar surface area (TPSA) is 81.6 Å². The smallest absolute Gasteiger partial charge is 0.410 e. The first-order valence-corrected chi connectivity index (χ1v) is 7.52. The average molecular weight is 295 g/mol. The third-order valence-corrected chi connectivity index (χ3v) is 3.63. The summed E-state index contributed by atoms with van der Waals surface area (Å²) < 4.78 is 10.5. The van der Waals surface area contributed by atoms with Crippen molar-refractivity contribution in [1.82, 2.24) is 10.1 Å². The van der Waals surface area contributed by atoms with Crippen LogP contribution in [0.4, 0.5) is 10.5 Å². The summed E-state index contributed by atoms with van der Waals surface area (Å²) in [4.78, 5) is 13.9. The largest absolute Gasteiger partial charge is 0.444 e. The predicted molar refractivity (Wildman–Crippen MR) is 79.8 cm³/mol. The second-order valence-electron chi connectivity index (χ2n) is 6.68. The van der Waals surface area contributed by atoms with E-state index in [1.165, 1.54) is 6.20 Å². The first-order chi connectivity index (χ1) is 9.85. The molecule has 0 saturated carbocycles. The Hall–Kier alpha value is -1.72. The Morgan fingerprint density at radius 2 is 2.33 bits per heavy atom. The Kier molecular flexibility index (Phi) is 4.75. The van der Waals surface area contributed by atoms with Crippen molar-refractivity contribution in [3.8, 4) is 0 Å². The van der Waals surface area contributed by atoms with E-state index in [0.29, 0.717) is 11.6 Å². The van der Waals surface area contributed by atoms with Crippen molar-refractivity contribution >= 4 is 11.8 Å². The van der Waals surface area contributed by atoms with Crippen molar-refractivity contribution < 1.29 is 14.1 Å². The number of likely N-dealkylation sites (tertiary alicyclic amines) is 1. The molecule has 1 fully saturated rings. The molecule has 0 bridgehead atoms. The van der Waals surface area contributed by atoms with Crippen LogP contribution in [0.5, 0.6) is 0 Å². The summed E-state index contributed by atoms with van der Waals surface area (Å²) in [6.45, 7) is 7.18. The number of piperidine rings is 1. The van der Waals surface area contributed by atoms with Crippen LogP contribution in [0.15, 0.2) is 10.7 Å². The van der Waals surface area contributed by atoms with E-state index in [0.717, 1.165) is 44.5 Å². The van der Waals surface area contributed by atoms with Gasteiger partial charge in [0, 0.05) is 19.5 Å². The number of hydrogen-bond acceptors (Lipinski definition) is 5. The van der Waals surface area contributed by atoms with Gasteiger partial charge in [0.05, 0.1) is 11.9 Å². The summed E-state index contributed by atoms with van der Waals surface area (Å²) in [5.41, 5.74) is 5.92. The van der Waals surface area contributed by atoms with Crippen molar-refractivity contribution in [1.29, 1.82) is 0 Å². The highest BCUT2D eigenvalue weighted by Crippen LogP contribution is 2.24. The minimum Gasteiger partial charge on any atom is -0.444 e. The number of nitrogens with two attached hydrogens (primary N) is 1. The van der Waals surface area contributed by atoms with Gasteiger partial charge >= 0.3 is 6.09 Å². The fourth-order valence-corrected chi connectivity index (χ4v) is 2.59. The Labute approximate surface area is 125 Å². The van der Waals surface area contributed by atoms with Gasteiger partial charge in [-0.2, -0.15) is 0 Å². The summed E-state index contributed by atoms with van der Waals surface area (Å²) in [7, 11) is 0. The Bertz CT molecular complexity index is 479. The summed E-state index contributed by atoms with van der Waals surface area (Å²) in [6.07, 6.45) is 5.15. The number of aryl methyl sites for hydroxylation is 1. The van der Waals surface area contributed by atoms with Gasteiger partial charge in [0.2, 0.25) is 0 Å². The number of anilines is 1. The van der Waals surface area contributed by atoms with E-state index in [1.54, 1.807) is 0 Å². The molecule has 2 heterocycles. The standard InChI is InChI=1S/C15H25N3O3/c1-15(2,3)20-14(19)18-8-4-5-11(10-18)6-7-13-12(16)9-17-21-13/h9,11H,4-8,10,16H2,1-3H3. The highest BCUT2D eigenvalue weighted by Gasteiger charge is 2.27. The van der Waals surface area contributed by atoms with Crippen LogP contribution >= 0.6 is 0 Å². The molecule has 1 amide bonds. The normalized spacial score (nSPS) is 19.6. The number of aromatic nitrogens is 1. The summed E-state index contributed by atoms with van der Waals surface area (Å²) in [5, 5.41) is 3.68. The van der Waals surface area contributed by atoms with Gasteiger partial charge < -0.3 is 19.9 Å². The molecule has 21 heavy (non-hydrogen) atoms. The number of rotatable bonds is 3. The molecule has 2 rings (SSSR count). The van der Waals surface area contributed by atoms with E-state index in [1.807, 2.05) is 25.7 Å². The lowest BCUT2D eigenvalue weighted by Gasteiger charge is -2.34. The van der Waals surface area contributed by atoms with E-state index in [4.69, 9.17) is 15.0 Å². The van der Waals surface area contributed by atoms with Gasteiger partial charge in [-0.1, -0.05) is 5.16 Å². The molecule has 1 atom stereocenters. The summed E-state index contributed by atoms with van der Waals surface area (Å²) >= 11 is 0. The maximum Gasteiger partial charge on any atom is 0.410 e. The number of amides is 1. The van der Waals surface area contributed by atoms with Gasteiger partial charge in [0.1, 0.15) is 5.60 Å². The van der Waals surface area contributed by atoms with E-state index in [9.17, 15) is 4.79 Å². The molecule has 1 aromatic heterocycles. The third-order valence-electron chi connectivity index (χ3n) is 3.63. The lowest BCUT2D eigenvalue weighted by atomic mass is 9.93. The number of carbonyl (C=O) groups excluding carboxylic acids is 1. The predicted octanol–water partition coefficient (Wildman–Crippen LogP) is 2.84. The van der Waals surface area contributed by atoms with Crippen LogP contribution in [0.25, 0.3) is 0 Å². The van der Waals surface area contributed by atoms with Gasteiger partial charge in [0.15, 0.2) is 5.76 Å². The molecule has 1 aliphatic heterocycles. The minimum atomic E-state index is -0.446. The molecule has 1 saturated heterocycles. The quantitative estimate of drug-likeness (QED) is 0.927. The summed E-state index contributed by atoms with van der Waals surface area (Å²) in [6, 6.07) is 0. The number of nitrogen functional groups attached to an aromatic ring is 1. The maximum absolute atomic E-state index is 12.1. The molecule has 118 valence electrons. The zero-order chi connectivity index (χ0) is 15.5. The fraction of sp³-hybridized carbons (Fsp3) is 0.733. The maximum atomic E-state index is 12.1. The lowest BCUT2D eigenvalue weighted by Crippen LogP contribution is -2.42. The SMILES string of the molecule is CC(C)(C)OC(=O)N1CCCC(CCc2oncc2N)C1. The minimum absolute atomic E-state index is 0.216. The van der Waals surface area contributed by atoms with Gasteiger partial charge in [-0.3, -0.25) is 0 Å². The van der Waals surface area contributed by atoms with Crippen LogP contribution in [-0.2, 0) is 11.2 Å². The van der Waals surface area contributed by atoms with Crippen molar-refractivity contribution in [2.45, 2.75) is 52.1 Å².